The van der Waals surface area contributed by atoms with E-state index in [0.717, 1.165) is 45.1 Å². The van der Waals surface area contributed by atoms with Gasteiger partial charge in [0, 0.05) is 31.4 Å². The van der Waals surface area contributed by atoms with Crippen molar-refractivity contribution in [2.75, 3.05) is 19.3 Å². The second-order valence-electron chi connectivity index (χ2n) is 5.77. The minimum Gasteiger partial charge on any atom is -0.329 e. The third-order valence-corrected chi connectivity index (χ3v) is 6.11. The van der Waals surface area contributed by atoms with Gasteiger partial charge >= 0.3 is 0 Å². The summed E-state index contributed by atoms with van der Waals surface area (Å²) in [7, 11) is -2.90. The van der Waals surface area contributed by atoms with E-state index in [1.54, 1.807) is 0 Å². The van der Waals surface area contributed by atoms with Crippen molar-refractivity contribution in [3.05, 3.63) is 0 Å². The number of sulfone groups is 1. The summed E-state index contributed by atoms with van der Waals surface area (Å²) in [5.74, 6) is 0. The van der Waals surface area contributed by atoms with Gasteiger partial charge < -0.3 is 5.73 Å². The Morgan fingerprint density at radius 1 is 1.26 bits per heavy atom. The molecule has 1 aliphatic carbocycles. The van der Waals surface area contributed by atoms with Gasteiger partial charge in [-0.25, -0.2) is 8.42 Å². The van der Waals surface area contributed by atoms with Crippen molar-refractivity contribution in [3.63, 3.8) is 0 Å². The second-order valence-corrected chi connectivity index (χ2v) is 8.09. The van der Waals surface area contributed by atoms with Crippen LogP contribution >= 0.6 is 0 Å². The third kappa shape index (κ3) is 4.72. The van der Waals surface area contributed by atoms with Gasteiger partial charge in [-0.05, 0) is 32.1 Å². The van der Waals surface area contributed by atoms with Crippen LogP contribution in [0.15, 0.2) is 0 Å². The molecule has 5 heteroatoms. The molecule has 2 unspecified atom stereocenters. The lowest BCUT2D eigenvalue weighted by atomic mass is 9.92. The molecule has 0 bridgehead atoms. The largest absolute Gasteiger partial charge is 0.329 e. The van der Waals surface area contributed by atoms with Crippen LogP contribution in [0.1, 0.15) is 52.4 Å². The zero-order valence-electron chi connectivity index (χ0n) is 12.6. The lowest BCUT2D eigenvalue weighted by molar-refractivity contribution is 0.102. The molecule has 19 heavy (non-hydrogen) atoms. The Morgan fingerprint density at radius 3 is 2.37 bits per heavy atom. The van der Waals surface area contributed by atoms with Crippen molar-refractivity contribution in [1.29, 1.82) is 0 Å². The number of nitrogens with two attached hydrogens (primary N) is 1. The highest BCUT2D eigenvalue weighted by atomic mass is 32.2. The molecule has 0 saturated heterocycles. The van der Waals surface area contributed by atoms with E-state index in [2.05, 4.69) is 18.7 Å². The predicted octanol–water partition coefficient (Wildman–Crippen LogP) is 1.79. The topological polar surface area (TPSA) is 63.4 Å². The molecule has 0 heterocycles. The molecule has 2 N–H and O–H groups in total. The molecule has 114 valence electrons. The molecule has 0 aliphatic heterocycles. The van der Waals surface area contributed by atoms with E-state index in [9.17, 15) is 8.42 Å². The maximum absolute atomic E-state index is 11.8. The number of hydrogen-bond acceptors (Lipinski definition) is 4. The first-order chi connectivity index (χ1) is 8.93. The molecule has 1 fully saturated rings. The van der Waals surface area contributed by atoms with E-state index >= 15 is 0 Å². The van der Waals surface area contributed by atoms with Gasteiger partial charge in [0.1, 0.15) is 9.84 Å². The van der Waals surface area contributed by atoms with E-state index in [4.69, 9.17) is 5.73 Å². The van der Waals surface area contributed by atoms with Crippen molar-refractivity contribution in [2.24, 2.45) is 5.73 Å². The zero-order chi connectivity index (χ0) is 14.5. The van der Waals surface area contributed by atoms with Crippen molar-refractivity contribution in [1.82, 2.24) is 4.90 Å². The number of rotatable bonds is 7. The summed E-state index contributed by atoms with van der Waals surface area (Å²) in [6, 6.07) is 0.925. The summed E-state index contributed by atoms with van der Waals surface area (Å²) >= 11 is 0. The average Bonchev–Trinajstić information content (AvgIpc) is 2.38. The second kappa shape index (κ2) is 7.60. The first kappa shape index (κ1) is 16.9. The average molecular weight is 290 g/mol. The summed E-state index contributed by atoms with van der Waals surface area (Å²) in [4.78, 5) is 2.47. The molecule has 2 atom stereocenters. The van der Waals surface area contributed by atoms with Crippen LogP contribution in [0, 0.1) is 0 Å². The summed E-state index contributed by atoms with van der Waals surface area (Å²) in [5.41, 5.74) is 5.74. The Labute approximate surface area is 118 Å². The molecule has 0 aromatic rings. The van der Waals surface area contributed by atoms with Gasteiger partial charge in [-0.15, -0.1) is 0 Å². The van der Waals surface area contributed by atoms with Gasteiger partial charge in [-0.1, -0.05) is 20.3 Å². The first-order valence-corrected chi connectivity index (χ1v) is 9.54. The molecule has 1 rings (SSSR count). The Morgan fingerprint density at radius 2 is 1.89 bits per heavy atom. The molecule has 0 spiro atoms. The summed E-state index contributed by atoms with van der Waals surface area (Å²) in [6.07, 6.45) is 7.34. The number of hydrogen-bond donors (Lipinski definition) is 1. The van der Waals surface area contributed by atoms with Crippen LogP contribution in [-0.4, -0.2) is 50.0 Å². The highest BCUT2D eigenvalue weighted by molar-refractivity contribution is 7.91. The summed E-state index contributed by atoms with van der Waals surface area (Å²) in [6.45, 7) is 5.94. The van der Waals surface area contributed by atoms with Crippen molar-refractivity contribution in [3.8, 4) is 0 Å². The molecule has 0 aromatic carbocycles. The van der Waals surface area contributed by atoms with Gasteiger partial charge in [-0.3, -0.25) is 4.90 Å². The normalized spacial score (nSPS) is 25.2. The van der Waals surface area contributed by atoms with Gasteiger partial charge in [0.2, 0.25) is 0 Å². The van der Waals surface area contributed by atoms with Gasteiger partial charge in [-0.2, -0.15) is 0 Å². The summed E-state index contributed by atoms with van der Waals surface area (Å²) in [5, 5.41) is -0.152. The highest BCUT2D eigenvalue weighted by Crippen LogP contribution is 2.29. The van der Waals surface area contributed by atoms with Gasteiger partial charge in [0.05, 0.1) is 5.25 Å². The predicted molar refractivity (Wildman–Crippen MR) is 81.0 cm³/mol. The fourth-order valence-electron chi connectivity index (χ4n) is 3.38. The van der Waals surface area contributed by atoms with Gasteiger partial charge in [0.25, 0.3) is 0 Å². The quantitative estimate of drug-likeness (QED) is 0.776. The van der Waals surface area contributed by atoms with Crippen LogP contribution in [0.2, 0.25) is 0 Å². The lowest BCUT2D eigenvalue weighted by Crippen LogP contribution is -2.48. The highest BCUT2D eigenvalue weighted by Gasteiger charge is 2.33. The molecule has 4 nitrogen and oxygen atoms in total. The minimum absolute atomic E-state index is 0.152. The van der Waals surface area contributed by atoms with Crippen LogP contribution in [0.25, 0.3) is 0 Å². The first-order valence-electron chi connectivity index (χ1n) is 7.58. The molecule has 0 radical (unpaired) electrons. The van der Waals surface area contributed by atoms with E-state index in [0.29, 0.717) is 18.6 Å². The van der Waals surface area contributed by atoms with E-state index in [-0.39, 0.29) is 5.25 Å². The zero-order valence-corrected chi connectivity index (χ0v) is 13.5. The smallest absolute Gasteiger partial charge is 0.150 e. The Balaban J connectivity index is 2.78. The standard InChI is InChI=1S/C14H30N2O2S/c1-4-12(5-2)16(10-9-15)13-7-6-8-14(11-13)19(3,17)18/h12-14H,4-11,15H2,1-3H3. The monoisotopic (exact) mass is 290 g/mol. The van der Waals surface area contributed by atoms with E-state index in [1.807, 2.05) is 0 Å². The van der Waals surface area contributed by atoms with Crippen LogP contribution in [0.4, 0.5) is 0 Å². The SMILES string of the molecule is CCC(CC)N(CCN)C1CCCC(S(C)(=O)=O)C1. The fraction of sp³-hybridized carbons (Fsp3) is 1.00. The van der Waals surface area contributed by atoms with Crippen molar-refractivity contribution < 1.29 is 8.42 Å². The Bertz CT molecular complexity index is 352. The molecular formula is C14H30N2O2S. The van der Waals surface area contributed by atoms with Crippen LogP contribution in [0.5, 0.6) is 0 Å². The van der Waals surface area contributed by atoms with Crippen LogP contribution in [0.3, 0.4) is 0 Å². The van der Waals surface area contributed by atoms with Crippen molar-refractivity contribution >= 4 is 9.84 Å². The van der Waals surface area contributed by atoms with Crippen molar-refractivity contribution in [2.45, 2.75) is 69.7 Å². The minimum atomic E-state index is -2.90. The molecule has 0 aromatic heterocycles. The lowest BCUT2D eigenvalue weighted by Gasteiger charge is -2.41. The molecule has 1 saturated carbocycles. The third-order valence-electron chi connectivity index (χ3n) is 4.47. The van der Waals surface area contributed by atoms with Crippen LogP contribution in [-0.2, 0) is 9.84 Å². The Kier molecular flexibility index (Phi) is 6.77. The Hall–Kier alpha value is -0.130. The fourth-order valence-corrected chi connectivity index (χ4v) is 4.55. The summed E-state index contributed by atoms with van der Waals surface area (Å²) < 4.78 is 23.6. The van der Waals surface area contributed by atoms with E-state index in [1.165, 1.54) is 6.26 Å². The maximum atomic E-state index is 11.8. The van der Waals surface area contributed by atoms with E-state index < -0.39 is 9.84 Å². The van der Waals surface area contributed by atoms with Gasteiger partial charge in [0.15, 0.2) is 0 Å². The maximum Gasteiger partial charge on any atom is 0.150 e. The molecular weight excluding hydrogens is 260 g/mol. The molecule has 0 amide bonds. The van der Waals surface area contributed by atoms with Crippen LogP contribution < -0.4 is 5.73 Å². The molecule has 1 aliphatic rings. The number of nitrogens with zero attached hydrogens (tertiary/aromatic N) is 1.